The Bertz CT molecular complexity index is 337. The summed E-state index contributed by atoms with van der Waals surface area (Å²) in [7, 11) is 0. The van der Waals surface area contributed by atoms with E-state index in [0.29, 0.717) is 6.04 Å². The molecule has 0 spiro atoms. The van der Waals surface area contributed by atoms with Crippen molar-refractivity contribution in [1.29, 1.82) is 0 Å². The summed E-state index contributed by atoms with van der Waals surface area (Å²) in [4.78, 5) is 6.74. The van der Waals surface area contributed by atoms with Crippen molar-refractivity contribution in [3.63, 3.8) is 0 Å². The molecule has 1 N–H and O–H groups in total. The van der Waals surface area contributed by atoms with Crippen LogP contribution in [0.2, 0.25) is 0 Å². The number of hydrogen-bond donors (Lipinski definition) is 1. The van der Waals surface area contributed by atoms with Crippen molar-refractivity contribution in [1.82, 2.24) is 10.3 Å². The molecule has 74 valence electrons. The van der Waals surface area contributed by atoms with E-state index >= 15 is 0 Å². The maximum atomic E-state index is 4.23. The Balaban J connectivity index is 1.99. The minimum Gasteiger partial charge on any atom is -0.365 e. The third-order valence-electron chi connectivity index (χ3n) is 3.29. The minimum absolute atomic E-state index is 0.695. The number of nitrogens with zero attached hydrogens (tertiary/aromatic N) is 2. The van der Waals surface area contributed by atoms with Gasteiger partial charge in [-0.25, -0.2) is 0 Å². The van der Waals surface area contributed by atoms with Gasteiger partial charge in [-0.3, -0.25) is 4.98 Å². The number of anilines is 1. The van der Waals surface area contributed by atoms with E-state index in [-0.39, 0.29) is 0 Å². The molecule has 1 saturated heterocycles. The number of piperazine rings is 1. The van der Waals surface area contributed by atoms with Crippen LogP contribution in [0.3, 0.4) is 0 Å². The normalized spacial score (nSPS) is 25.4. The van der Waals surface area contributed by atoms with E-state index in [1.807, 2.05) is 12.4 Å². The molecule has 3 heterocycles. The third kappa shape index (κ3) is 1.20. The Morgan fingerprint density at radius 3 is 3.50 bits per heavy atom. The monoisotopic (exact) mass is 189 g/mol. The molecule has 1 unspecified atom stereocenters. The Morgan fingerprint density at radius 1 is 1.50 bits per heavy atom. The van der Waals surface area contributed by atoms with Crippen LogP contribution in [0.4, 0.5) is 5.69 Å². The van der Waals surface area contributed by atoms with Gasteiger partial charge in [-0.15, -0.1) is 0 Å². The molecule has 0 saturated carbocycles. The smallest absolute Gasteiger partial charge is 0.0588 e. The molecule has 3 heteroatoms. The van der Waals surface area contributed by atoms with Gasteiger partial charge in [0, 0.05) is 31.9 Å². The van der Waals surface area contributed by atoms with Gasteiger partial charge in [0.1, 0.15) is 0 Å². The predicted octanol–water partition coefficient (Wildman–Crippen LogP) is 0.806. The van der Waals surface area contributed by atoms with Crippen molar-refractivity contribution in [3.8, 4) is 0 Å². The molecule has 2 aliphatic heterocycles. The Kier molecular flexibility index (Phi) is 1.91. The van der Waals surface area contributed by atoms with Crippen LogP contribution in [0.1, 0.15) is 12.0 Å². The number of aryl methyl sites for hydroxylation is 1. The molecule has 1 fully saturated rings. The van der Waals surface area contributed by atoms with E-state index in [4.69, 9.17) is 0 Å². The van der Waals surface area contributed by atoms with Crippen molar-refractivity contribution >= 4 is 5.69 Å². The summed E-state index contributed by atoms with van der Waals surface area (Å²) in [6, 6.07) is 2.86. The van der Waals surface area contributed by atoms with Crippen LogP contribution in [0.5, 0.6) is 0 Å². The molecule has 2 aliphatic rings. The fourth-order valence-corrected chi connectivity index (χ4v) is 2.54. The zero-order chi connectivity index (χ0) is 9.38. The van der Waals surface area contributed by atoms with Crippen LogP contribution in [0.15, 0.2) is 18.5 Å². The molecule has 1 aromatic rings. The second kappa shape index (κ2) is 3.24. The van der Waals surface area contributed by atoms with Gasteiger partial charge in [0.25, 0.3) is 0 Å². The van der Waals surface area contributed by atoms with Gasteiger partial charge < -0.3 is 10.2 Å². The van der Waals surface area contributed by atoms with Gasteiger partial charge in [0.15, 0.2) is 0 Å². The van der Waals surface area contributed by atoms with Gasteiger partial charge in [-0.05, 0) is 24.5 Å². The van der Waals surface area contributed by atoms with Crippen LogP contribution in [0.25, 0.3) is 0 Å². The molecule has 14 heavy (non-hydrogen) atoms. The number of nitrogens with one attached hydrogen (secondary N) is 1. The predicted molar refractivity (Wildman–Crippen MR) is 56.6 cm³/mol. The van der Waals surface area contributed by atoms with Crippen molar-refractivity contribution in [2.45, 2.75) is 18.9 Å². The highest BCUT2D eigenvalue weighted by Crippen LogP contribution is 2.29. The van der Waals surface area contributed by atoms with Gasteiger partial charge >= 0.3 is 0 Å². The molecule has 3 rings (SSSR count). The van der Waals surface area contributed by atoms with Crippen LogP contribution in [0, 0.1) is 0 Å². The summed E-state index contributed by atoms with van der Waals surface area (Å²) in [6.45, 7) is 3.36. The highest BCUT2D eigenvalue weighted by atomic mass is 15.2. The maximum Gasteiger partial charge on any atom is 0.0588 e. The lowest BCUT2D eigenvalue weighted by atomic mass is 9.96. The van der Waals surface area contributed by atoms with Crippen molar-refractivity contribution < 1.29 is 0 Å². The van der Waals surface area contributed by atoms with E-state index in [1.54, 1.807) is 0 Å². The largest absolute Gasteiger partial charge is 0.365 e. The zero-order valence-electron chi connectivity index (χ0n) is 8.24. The molecule has 1 atom stereocenters. The van der Waals surface area contributed by atoms with Gasteiger partial charge in [-0.1, -0.05) is 0 Å². The van der Waals surface area contributed by atoms with E-state index in [0.717, 1.165) is 19.6 Å². The molecule has 0 radical (unpaired) electrons. The van der Waals surface area contributed by atoms with Gasteiger partial charge in [0.05, 0.1) is 11.9 Å². The number of aromatic nitrogens is 1. The van der Waals surface area contributed by atoms with Gasteiger partial charge in [0.2, 0.25) is 0 Å². The SMILES string of the molecule is c1cc2c(cn1)N1CCNCC1CC2. The molecule has 0 amide bonds. The number of fused-ring (bicyclic) bond motifs is 3. The molecule has 1 aromatic heterocycles. The number of pyridine rings is 1. The fraction of sp³-hybridized carbons (Fsp3) is 0.545. The Morgan fingerprint density at radius 2 is 2.50 bits per heavy atom. The highest BCUT2D eigenvalue weighted by molar-refractivity contribution is 5.55. The first-order valence-electron chi connectivity index (χ1n) is 5.35. The zero-order valence-corrected chi connectivity index (χ0v) is 8.24. The summed E-state index contributed by atoms with van der Waals surface area (Å²) in [5.74, 6) is 0. The summed E-state index contributed by atoms with van der Waals surface area (Å²) < 4.78 is 0. The summed E-state index contributed by atoms with van der Waals surface area (Å²) in [6.07, 6.45) is 6.42. The third-order valence-corrected chi connectivity index (χ3v) is 3.29. The van der Waals surface area contributed by atoms with E-state index < -0.39 is 0 Å². The topological polar surface area (TPSA) is 28.2 Å². The molecular formula is C11H15N3. The van der Waals surface area contributed by atoms with Crippen molar-refractivity contribution in [2.24, 2.45) is 0 Å². The maximum absolute atomic E-state index is 4.23. The van der Waals surface area contributed by atoms with Crippen molar-refractivity contribution in [3.05, 3.63) is 24.0 Å². The van der Waals surface area contributed by atoms with E-state index in [9.17, 15) is 0 Å². The highest BCUT2D eigenvalue weighted by Gasteiger charge is 2.27. The quantitative estimate of drug-likeness (QED) is 0.654. The molecule has 3 nitrogen and oxygen atoms in total. The lowest BCUT2D eigenvalue weighted by Gasteiger charge is -2.42. The van der Waals surface area contributed by atoms with E-state index in [1.165, 1.54) is 24.1 Å². The number of rotatable bonds is 0. The first-order valence-corrected chi connectivity index (χ1v) is 5.35. The summed E-state index contributed by atoms with van der Waals surface area (Å²) in [5.41, 5.74) is 2.84. The minimum atomic E-state index is 0.695. The first kappa shape index (κ1) is 8.24. The Hall–Kier alpha value is -1.09. The Labute approximate surface area is 84.1 Å². The average molecular weight is 189 g/mol. The van der Waals surface area contributed by atoms with Crippen LogP contribution < -0.4 is 10.2 Å². The van der Waals surface area contributed by atoms with Crippen LogP contribution >= 0.6 is 0 Å². The van der Waals surface area contributed by atoms with Crippen LogP contribution in [-0.4, -0.2) is 30.7 Å². The fourth-order valence-electron chi connectivity index (χ4n) is 2.54. The lowest BCUT2D eigenvalue weighted by molar-refractivity contribution is 0.439. The summed E-state index contributed by atoms with van der Waals surface area (Å²) >= 11 is 0. The standard InChI is InChI=1S/C11H15N3/c1-2-10-7-13-5-6-14(10)11-8-12-4-3-9(1)11/h3-4,8,10,13H,1-2,5-7H2. The number of hydrogen-bond acceptors (Lipinski definition) is 3. The van der Waals surface area contributed by atoms with Crippen LogP contribution in [-0.2, 0) is 6.42 Å². The molecule has 0 aliphatic carbocycles. The molecule has 0 bridgehead atoms. The first-order chi connectivity index (χ1) is 6.95. The van der Waals surface area contributed by atoms with Gasteiger partial charge in [-0.2, -0.15) is 0 Å². The summed E-state index contributed by atoms with van der Waals surface area (Å²) in [5, 5.41) is 3.45. The van der Waals surface area contributed by atoms with Crippen molar-refractivity contribution in [2.75, 3.05) is 24.5 Å². The molecular weight excluding hydrogens is 174 g/mol. The second-order valence-electron chi connectivity index (χ2n) is 4.09. The average Bonchev–Trinajstić information content (AvgIpc) is 2.29. The lowest BCUT2D eigenvalue weighted by Crippen LogP contribution is -2.53. The van der Waals surface area contributed by atoms with E-state index in [2.05, 4.69) is 21.3 Å². The second-order valence-corrected chi connectivity index (χ2v) is 4.09. The molecule has 0 aromatic carbocycles.